The van der Waals surface area contributed by atoms with E-state index in [-0.39, 0.29) is 5.91 Å². The van der Waals surface area contributed by atoms with Crippen molar-refractivity contribution in [3.05, 3.63) is 42.2 Å². The van der Waals surface area contributed by atoms with Gasteiger partial charge < -0.3 is 0 Å². The molecule has 5 rings (SSSR count). The van der Waals surface area contributed by atoms with Crippen LogP contribution in [0.1, 0.15) is 82.5 Å². The molecule has 1 amide bonds. The average Bonchev–Trinajstić information content (AvgIpc) is 3.14. The molecule has 0 aromatic carbocycles. The second-order valence-corrected chi connectivity index (χ2v) is 11.2. The lowest BCUT2D eigenvalue weighted by molar-refractivity contribution is -0.0913. The molecule has 3 fully saturated rings. The molecule has 4 aliphatic carbocycles. The molecule has 166 valence electrons. The van der Waals surface area contributed by atoms with Crippen LogP contribution in [-0.2, 0) is 0 Å². The highest BCUT2D eigenvalue weighted by Gasteiger charge is 2.59. The first-order valence-corrected chi connectivity index (χ1v) is 12.3. The number of aromatic nitrogens is 1. The number of hydrogen-bond donors (Lipinski definition) is 1. The number of amides is 1. The molecular weight excluding hydrogens is 382 g/mol. The predicted octanol–water partition coefficient (Wildman–Crippen LogP) is 6.01. The van der Waals surface area contributed by atoms with Gasteiger partial charge in [0.15, 0.2) is 0 Å². The van der Waals surface area contributed by atoms with E-state index in [1.54, 1.807) is 24.5 Å². The van der Waals surface area contributed by atoms with Crippen LogP contribution in [0.3, 0.4) is 0 Å². The maximum Gasteiger partial charge on any atom is 0.271 e. The molecule has 4 heteroatoms. The number of hydrazone groups is 1. The van der Waals surface area contributed by atoms with Gasteiger partial charge in [0.1, 0.15) is 0 Å². The Morgan fingerprint density at radius 2 is 1.81 bits per heavy atom. The number of carbonyl (C=O) groups is 1. The number of carbonyl (C=O) groups excluding carboxylic acids is 1. The topological polar surface area (TPSA) is 54.4 Å². The zero-order chi connectivity index (χ0) is 21.6. The highest BCUT2D eigenvalue weighted by atomic mass is 16.2. The maximum atomic E-state index is 12.4. The number of rotatable bonds is 3. The fourth-order valence-electron chi connectivity index (χ4n) is 8.31. The second kappa shape index (κ2) is 7.86. The molecule has 7 atom stereocenters. The fourth-order valence-corrected chi connectivity index (χ4v) is 8.31. The van der Waals surface area contributed by atoms with E-state index < -0.39 is 0 Å². The average molecular weight is 420 g/mol. The van der Waals surface area contributed by atoms with Gasteiger partial charge in [-0.1, -0.05) is 26.0 Å². The fraction of sp³-hybridized carbons (Fsp3) is 0.667. The van der Waals surface area contributed by atoms with Gasteiger partial charge in [0.25, 0.3) is 5.91 Å². The van der Waals surface area contributed by atoms with Crippen LogP contribution in [0.25, 0.3) is 0 Å². The molecule has 3 saturated carbocycles. The Morgan fingerprint density at radius 1 is 1.03 bits per heavy atom. The molecule has 1 aromatic rings. The summed E-state index contributed by atoms with van der Waals surface area (Å²) in [5, 5.41) is 4.59. The summed E-state index contributed by atoms with van der Waals surface area (Å²) in [4.78, 5) is 16.4. The van der Waals surface area contributed by atoms with Crippen molar-refractivity contribution >= 4 is 11.6 Å². The van der Waals surface area contributed by atoms with Gasteiger partial charge in [0.05, 0.1) is 0 Å². The highest BCUT2D eigenvalue weighted by molar-refractivity contribution is 5.95. The van der Waals surface area contributed by atoms with E-state index in [9.17, 15) is 4.79 Å². The monoisotopic (exact) mass is 419 g/mol. The molecule has 4 aliphatic rings. The number of nitrogens with zero attached hydrogens (tertiary/aromatic N) is 2. The SMILES string of the molecule is CC(=NNC(=O)c1ccncc1)[C@@H]1CC[C@@H]2[C@@H]3CC[C@@H]4CC=CC[C@]4(C)[C@@H]3CC[C@@]21C. The summed E-state index contributed by atoms with van der Waals surface area (Å²) in [5.41, 5.74) is 5.35. The van der Waals surface area contributed by atoms with Crippen molar-refractivity contribution < 1.29 is 4.79 Å². The number of pyridine rings is 1. The van der Waals surface area contributed by atoms with E-state index >= 15 is 0 Å². The molecule has 0 unspecified atom stereocenters. The van der Waals surface area contributed by atoms with Gasteiger partial charge in [-0.15, -0.1) is 0 Å². The summed E-state index contributed by atoms with van der Waals surface area (Å²) in [5.74, 6) is 3.79. The Balaban J connectivity index is 1.32. The maximum absolute atomic E-state index is 12.4. The lowest BCUT2D eigenvalue weighted by Gasteiger charge is -2.59. The molecule has 0 aliphatic heterocycles. The molecule has 0 bridgehead atoms. The van der Waals surface area contributed by atoms with Crippen LogP contribution in [0.4, 0.5) is 0 Å². The third kappa shape index (κ3) is 3.37. The minimum atomic E-state index is -0.151. The van der Waals surface area contributed by atoms with Gasteiger partial charge in [0, 0.05) is 29.6 Å². The molecule has 1 aromatic heterocycles. The van der Waals surface area contributed by atoms with E-state index in [0.29, 0.717) is 22.3 Å². The van der Waals surface area contributed by atoms with Gasteiger partial charge in [-0.05, 0) is 105 Å². The van der Waals surface area contributed by atoms with Crippen LogP contribution in [0.5, 0.6) is 0 Å². The van der Waals surface area contributed by atoms with Crippen LogP contribution in [0, 0.1) is 40.4 Å². The van der Waals surface area contributed by atoms with Crippen molar-refractivity contribution in [2.75, 3.05) is 0 Å². The first kappa shape index (κ1) is 20.9. The first-order valence-electron chi connectivity index (χ1n) is 12.3. The van der Waals surface area contributed by atoms with Gasteiger partial charge in [0.2, 0.25) is 0 Å². The van der Waals surface area contributed by atoms with Crippen molar-refractivity contribution in [3.63, 3.8) is 0 Å². The Bertz CT molecular complexity index is 893. The Hall–Kier alpha value is -1.97. The summed E-state index contributed by atoms with van der Waals surface area (Å²) in [6.45, 7) is 7.26. The summed E-state index contributed by atoms with van der Waals surface area (Å²) in [6.07, 6.45) is 18.8. The van der Waals surface area contributed by atoms with E-state index in [1.165, 1.54) is 51.4 Å². The summed E-state index contributed by atoms with van der Waals surface area (Å²) >= 11 is 0. The number of fused-ring (bicyclic) bond motifs is 5. The predicted molar refractivity (Wildman–Crippen MR) is 125 cm³/mol. The van der Waals surface area contributed by atoms with Gasteiger partial charge in [-0.3, -0.25) is 9.78 Å². The lowest BCUT2D eigenvalue weighted by Crippen LogP contribution is -2.52. The summed E-state index contributed by atoms with van der Waals surface area (Å²) in [7, 11) is 0. The standard InChI is InChI=1S/C27H37N3O/c1-18(29-30-25(31)19-12-16-28-17-13-19)22-9-10-23-21-8-7-20-6-4-5-14-26(20,2)24(21)11-15-27(22,23)3/h4-5,12-13,16-17,20-24H,6-11,14-15H2,1-3H3,(H,30,31)/t20-,21-,22-,23+,24+,26-,27+/m0/s1. The smallest absolute Gasteiger partial charge is 0.267 e. The lowest BCUT2D eigenvalue weighted by atomic mass is 9.45. The minimum absolute atomic E-state index is 0.151. The van der Waals surface area contributed by atoms with Crippen molar-refractivity contribution in [1.82, 2.24) is 10.4 Å². The second-order valence-electron chi connectivity index (χ2n) is 11.2. The van der Waals surface area contributed by atoms with E-state index in [4.69, 9.17) is 0 Å². The molecular formula is C27H37N3O. The first-order chi connectivity index (χ1) is 14.9. The van der Waals surface area contributed by atoms with Crippen LogP contribution >= 0.6 is 0 Å². The van der Waals surface area contributed by atoms with Gasteiger partial charge >= 0.3 is 0 Å². The number of nitrogens with one attached hydrogen (secondary N) is 1. The van der Waals surface area contributed by atoms with E-state index in [0.717, 1.165) is 29.4 Å². The van der Waals surface area contributed by atoms with Crippen molar-refractivity contribution in [2.24, 2.45) is 45.5 Å². The molecule has 0 spiro atoms. The van der Waals surface area contributed by atoms with Crippen LogP contribution in [0.15, 0.2) is 41.8 Å². The van der Waals surface area contributed by atoms with E-state index in [1.807, 2.05) is 0 Å². The highest BCUT2D eigenvalue weighted by Crippen LogP contribution is 2.67. The minimum Gasteiger partial charge on any atom is -0.267 e. The summed E-state index contributed by atoms with van der Waals surface area (Å²) in [6, 6.07) is 3.46. The molecule has 1 N–H and O–H groups in total. The van der Waals surface area contributed by atoms with Crippen molar-refractivity contribution in [3.8, 4) is 0 Å². The van der Waals surface area contributed by atoms with Gasteiger partial charge in [-0.2, -0.15) is 5.10 Å². The number of allylic oxidation sites excluding steroid dienone is 2. The van der Waals surface area contributed by atoms with Crippen LogP contribution < -0.4 is 5.43 Å². The Morgan fingerprint density at radius 3 is 2.61 bits per heavy atom. The number of hydrogen-bond acceptors (Lipinski definition) is 3. The molecule has 4 nitrogen and oxygen atoms in total. The third-order valence-electron chi connectivity index (χ3n) is 9.99. The normalized spacial score (nSPS) is 41.8. The molecule has 1 heterocycles. The molecule has 31 heavy (non-hydrogen) atoms. The van der Waals surface area contributed by atoms with Crippen LogP contribution in [0.2, 0.25) is 0 Å². The largest absolute Gasteiger partial charge is 0.271 e. The third-order valence-corrected chi connectivity index (χ3v) is 9.99. The zero-order valence-electron chi connectivity index (χ0n) is 19.3. The van der Waals surface area contributed by atoms with Gasteiger partial charge in [-0.25, -0.2) is 5.43 Å². The van der Waals surface area contributed by atoms with Crippen molar-refractivity contribution in [2.45, 2.75) is 72.1 Å². The Labute approximate surface area is 187 Å². The quantitative estimate of drug-likeness (QED) is 0.370. The summed E-state index contributed by atoms with van der Waals surface area (Å²) < 4.78 is 0. The zero-order valence-corrected chi connectivity index (χ0v) is 19.3. The Kier molecular flexibility index (Phi) is 5.30. The molecule has 0 radical (unpaired) electrons. The molecule has 0 saturated heterocycles. The van der Waals surface area contributed by atoms with Crippen LogP contribution in [-0.4, -0.2) is 16.6 Å². The van der Waals surface area contributed by atoms with Crippen molar-refractivity contribution in [1.29, 1.82) is 0 Å². The van der Waals surface area contributed by atoms with E-state index in [2.05, 4.69) is 48.4 Å².